The summed E-state index contributed by atoms with van der Waals surface area (Å²) in [5, 5.41) is 8.40. The molecule has 78 valence electrons. The third kappa shape index (κ3) is 2.68. The Morgan fingerprint density at radius 3 is 2.20 bits per heavy atom. The van der Waals surface area contributed by atoms with Crippen LogP contribution in [0, 0.1) is 0 Å². The maximum Gasteiger partial charge on any atom is 0.162 e. The topological polar surface area (TPSA) is 30.7 Å². The van der Waals surface area contributed by atoms with Gasteiger partial charge >= 0.3 is 0 Å². The fourth-order valence-corrected chi connectivity index (χ4v) is 2.09. The Labute approximate surface area is 112 Å². The van der Waals surface area contributed by atoms with E-state index in [-0.39, 0.29) is 0 Å². The number of benzene rings is 1. The first kappa shape index (κ1) is 11.3. The number of hydrogen-bond acceptors (Lipinski definition) is 2. The molecule has 0 N–H and O–H groups in total. The summed E-state index contributed by atoms with van der Waals surface area (Å²) in [6.45, 7) is 0.644. The standard InChI is InChI=1S/C9H6Br3N3/c10-7-4-2-1-3-6(7)5-15-13-8(11)9(12)14-15/h1-4H,5H2. The zero-order valence-electron chi connectivity index (χ0n) is 7.49. The van der Waals surface area contributed by atoms with Crippen molar-refractivity contribution in [2.75, 3.05) is 0 Å². The summed E-state index contributed by atoms with van der Waals surface area (Å²) in [6.07, 6.45) is 0. The zero-order chi connectivity index (χ0) is 10.8. The van der Waals surface area contributed by atoms with Crippen LogP contribution in [0.15, 0.2) is 37.9 Å². The summed E-state index contributed by atoms with van der Waals surface area (Å²) < 4.78 is 2.50. The van der Waals surface area contributed by atoms with Crippen molar-refractivity contribution in [1.82, 2.24) is 15.0 Å². The van der Waals surface area contributed by atoms with Crippen LogP contribution in [0.5, 0.6) is 0 Å². The molecule has 1 aromatic heterocycles. The molecule has 2 aromatic rings. The van der Waals surface area contributed by atoms with Gasteiger partial charge in [-0.3, -0.25) is 0 Å². The van der Waals surface area contributed by atoms with E-state index in [4.69, 9.17) is 0 Å². The van der Waals surface area contributed by atoms with E-state index in [1.165, 1.54) is 0 Å². The average Bonchev–Trinajstić information content (AvgIpc) is 2.50. The number of hydrogen-bond donors (Lipinski definition) is 0. The molecule has 0 aliphatic heterocycles. The lowest BCUT2D eigenvalue weighted by molar-refractivity contribution is 0.585. The van der Waals surface area contributed by atoms with E-state index in [9.17, 15) is 0 Å². The van der Waals surface area contributed by atoms with Crippen LogP contribution < -0.4 is 0 Å². The summed E-state index contributed by atoms with van der Waals surface area (Å²) in [4.78, 5) is 1.63. The zero-order valence-corrected chi connectivity index (χ0v) is 12.3. The molecule has 6 heteroatoms. The molecule has 0 aliphatic rings. The van der Waals surface area contributed by atoms with Gasteiger partial charge in [-0.1, -0.05) is 34.1 Å². The highest BCUT2D eigenvalue weighted by Gasteiger charge is 2.06. The minimum atomic E-state index is 0.644. The van der Waals surface area contributed by atoms with E-state index >= 15 is 0 Å². The van der Waals surface area contributed by atoms with Crippen molar-refractivity contribution in [3.63, 3.8) is 0 Å². The van der Waals surface area contributed by atoms with E-state index < -0.39 is 0 Å². The molecule has 0 radical (unpaired) electrons. The minimum Gasteiger partial charge on any atom is -0.178 e. The first-order valence-corrected chi connectivity index (χ1v) is 6.54. The second-order valence-electron chi connectivity index (χ2n) is 2.90. The molecule has 1 heterocycles. The number of nitrogens with zero attached hydrogens (tertiary/aromatic N) is 3. The second kappa shape index (κ2) is 4.76. The first-order valence-electron chi connectivity index (χ1n) is 4.16. The predicted molar refractivity (Wildman–Crippen MR) is 68.7 cm³/mol. The number of aromatic nitrogens is 3. The molecular weight excluding hydrogens is 390 g/mol. The molecule has 2 rings (SSSR count). The van der Waals surface area contributed by atoms with Crippen LogP contribution in [0.4, 0.5) is 0 Å². The molecule has 0 atom stereocenters. The minimum absolute atomic E-state index is 0.644. The number of halogens is 3. The summed E-state index contributed by atoms with van der Waals surface area (Å²) >= 11 is 10.1. The highest BCUT2D eigenvalue weighted by Crippen LogP contribution is 2.20. The summed E-state index contributed by atoms with van der Waals surface area (Å²) in [7, 11) is 0. The largest absolute Gasteiger partial charge is 0.178 e. The summed E-state index contributed by atoms with van der Waals surface area (Å²) in [6, 6.07) is 8.02. The van der Waals surface area contributed by atoms with Crippen molar-refractivity contribution < 1.29 is 0 Å². The van der Waals surface area contributed by atoms with Crippen LogP contribution in [-0.4, -0.2) is 15.0 Å². The molecule has 0 aliphatic carbocycles. The van der Waals surface area contributed by atoms with Crippen LogP contribution in [0.2, 0.25) is 0 Å². The monoisotopic (exact) mass is 393 g/mol. The second-order valence-corrected chi connectivity index (χ2v) is 5.26. The molecule has 3 nitrogen and oxygen atoms in total. The molecule has 0 amide bonds. The van der Waals surface area contributed by atoms with Gasteiger partial charge in [0, 0.05) is 4.47 Å². The average molecular weight is 396 g/mol. The molecule has 0 bridgehead atoms. The molecule has 0 saturated carbocycles. The lowest BCUT2D eigenvalue weighted by Gasteiger charge is -2.02. The van der Waals surface area contributed by atoms with E-state index in [0.717, 1.165) is 19.2 Å². The molecule has 0 spiro atoms. The van der Waals surface area contributed by atoms with E-state index in [2.05, 4.69) is 58.0 Å². The van der Waals surface area contributed by atoms with Gasteiger partial charge in [-0.05, 0) is 43.5 Å². The van der Waals surface area contributed by atoms with Crippen molar-refractivity contribution >= 4 is 47.8 Å². The maximum absolute atomic E-state index is 4.20. The number of rotatable bonds is 2. The Bertz CT molecular complexity index is 462. The lowest BCUT2D eigenvalue weighted by Crippen LogP contribution is -2.04. The van der Waals surface area contributed by atoms with Gasteiger partial charge in [-0.15, -0.1) is 10.2 Å². The normalized spacial score (nSPS) is 10.6. The molecular formula is C9H6Br3N3. The van der Waals surface area contributed by atoms with Gasteiger partial charge in [-0.25, -0.2) is 0 Å². The predicted octanol–water partition coefficient (Wildman–Crippen LogP) is 3.61. The van der Waals surface area contributed by atoms with E-state index in [1.807, 2.05) is 24.3 Å². The van der Waals surface area contributed by atoms with Crippen LogP contribution in [-0.2, 0) is 6.54 Å². The molecule has 15 heavy (non-hydrogen) atoms. The van der Waals surface area contributed by atoms with Gasteiger partial charge in [0.15, 0.2) is 9.21 Å². The van der Waals surface area contributed by atoms with Crippen LogP contribution in [0.25, 0.3) is 0 Å². The molecule has 0 saturated heterocycles. The highest BCUT2D eigenvalue weighted by molar-refractivity contribution is 9.13. The third-order valence-corrected chi connectivity index (χ3v) is 4.22. The van der Waals surface area contributed by atoms with E-state index in [0.29, 0.717) is 6.54 Å². The summed E-state index contributed by atoms with van der Waals surface area (Å²) in [5.41, 5.74) is 1.15. The van der Waals surface area contributed by atoms with Gasteiger partial charge in [0.05, 0.1) is 6.54 Å². The lowest BCUT2D eigenvalue weighted by atomic mass is 10.2. The van der Waals surface area contributed by atoms with E-state index in [1.54, 1.807) is 4.80 Å². The molecule has 0 unspecified atom stereocenters. The van der Waals surface area contributed by atoms with Gasteiger partial charge in [0.2, 0.25) is 0 Å². The van der Waals surface area contributed by atoms with Crippen molar-refractivity contribution in [2.24, 2.45) is 0 Å². The Morgan fingerprint density at radius 1 is 1.00 bits per heavy atom. The van der Waals surface area contributed by atoms with Gasteiger partial charge in [0.25, 0.3) is 0 Å². The Hall–Kier alpha value is -0.200. The van der Waals surface area contributed by atoms with Crippen molar-refractivity contribution in [1.29, 1.82) is 0 Å². The van der Waals surface area contributed by atoms with Crippen molar-refractivity contribution in [3.8, 4) is 0 Å². The molecule has 0 fully saturated rings. The van der Waals surface area contributed by atoms with Crippen LogP contribution in [0.1, 0.15) is 5.56 Å². The molecule has 1 aromatic carbocycles. The fraction of sp³-hybridized carbons (Fsp3) is 0.111. The quantitative estimate of drug-likeness (QED) is 0.777. The highest BCUT2D eigenvalue weighted by atomic mass is 79.9. The van der Waals surface area contributed by atoms with Crippen LogP contribution >= 0.6 is 47.8 Å². The Balaban J connectivity index is 2.26. The maximum atomic E-state index is 4.20. The third-order valence-electron chi connectivity index (χ3n) is 1.85. The van der Waals surface area contributed by atoms with Crippen molar-refractivity contribution in [2.45, 2.75) is 6.54 Å². The van der Waals surface area contributed by atoms with Gasteiger partial charge in [-0.2, -0.15) is 4.80 Å². The SMILES string of the molecule is Brc1ccccc1Cn1nc(Br)c(Br)n1. The smallest absolute Gasteiger partial charge is 0.162 e. The van der Waals surface area contributed by atoms with Gasteiger partial charge in [0.1, 0.15) is 0 Å². The Kier molecular flexibility index (Phi) is 3.58. The van der Waals surface area contributed by atoms with Crippen LogP contribution in [0.3, 0.4) is 0 Å². The fourth-order valence-electron chi connectivity index (χ4n) is 1.16. The van der Waals surface area contributed by atoms with Gasteiger partial charge < -0.3 is 0 Å². The summed E-state index contributed by atoms with van der Waals surface area (Å²) in [5.74, 6) is 0. The Morgan fingerprint density at radius 2 is 1.60 bits per heavy atom. The van der Waals surface area contributed by atoms with Crippen molar-refractivity contribution in [3.05, 3.63) is 43.5 Å². The first-order chi connectivity index (χ1) is 7.16.